The van der Waals surface area contributed by atoms with Crippen molar-refractivity contribution in [2.45, 2.75) is 19.9 Å². The molecule has 0 saturated carbocycles. The molecule has 0 spiro atoms. The minimum atomic E-state index is -0.0247. The maximum absolute atomic E-state index is 12.0. The number of ether oxygens (including phenoxy) is 1. The van der Waals surface area contributed by atoms with Gasteiger partial charge in [0.2, 0.25) is 0 Å². The third kappa shape index (κ3) is 3.28. The molecule has 0 fully saturated rings. The molecule has 1 heterocycles. The lowest BCUT2D eigenvalue weighted by Gasteiger charge is -2.25. The number of carbonyl (C=O) groups is 1. The van der Waals surface area contributed by atoms with E-state index in [9.17, 15) is 4.79 Å². The molecule has 1 amide bonds. The molecule has 84 valence electrons. The summed E-state index contributed by atoms with van der Waals surface area (Å²) in [6.45, 7) is 5.12. The maximum Gasteiger partial charge on any atom is 0.273 e. The highest BCUT2D eigenvalue weighted by atomic mass is 32.1. The zero-order valence-corrected chi connectivity index (χ0v) is 10.1. The first kappa shape index (κ1) is 12.1. The summed E-state index contributed by atoms with van der Waals surface area (Å²) in [5, 5.41) is 1.77. The highest BCUT2D eigenvalue weighted by Crippen LogP contribution is 2.08. The Labute approximate surface area is 93.9 Å². The van der Waals surface area contributed by atoms with E-state index in [0.29, 0.717) is 18.8 Å². The van der Waals surface area contributed by atoms with Gasteiger partial charge in [0, 0.05) is 25.1 Å². The van der Waals surface area contributed by atoms with Crippen LogP contribution in [0.15, 0.2) is 10.9 Å². The largest absolute Gasteiger partial charge is 0.383 e. The zero-order chi connectivity index (χ0) is 11.3. The fraction of sp³-hybridized carbons (Fsp3) is 0.600. The van der Waals surface area contributed by atoms with E-state index in [0.717, 1.165) is 0 Å². The highest BCUT2D eigenvalue weighted by Gasteiger charge is 2.19. The number of amides is 1. The number of hydrogen-bond acceptors (Lipinski definition) is 4. The van der Waals surface area contributed by atoms with Gasteiger partial charge in [-0.15, -0.1) is 11.3 Å². The van der Waals surface area contributed by atoms with Gasteiger partial charge in [0.15, 0.2) is 0 Å². The summed E-state index contributed by atoms with van der Waals surface area (Å²) in [4.78, 5) is 17.7. The van der Waals surface area contributed by atoms with Crippen molar-refractivity contribution < 1.29 is 9.53 Å². The van der Waals surface area contributed by atoms with Gasteiger partial charge in [-0.2, -0.15) is 0 Å². The zero-order valence-electron chi connectivity index (χ0n) is 9.27. The molecular weight excluding hydrogens is 212 g/mol. The van der Waals surface area contributed by atoms with Crippen LogP contribution in [0.2, 0.25) is 0 Å². The van der Waals surface area contributed by atoms with Crippen LogP contribution < -0.4 is 0 Å². The standard InChI is InChI=1S/C10H16N2O2S/c1-8(2)12(4-5-14-3)10(13)9-6-15-7-11-9/h6-8H,4-5H2,1-3H3. The Bertz CT molecular complexity index is 298. The number of nitrogens with zero attached hydrogens (tertiary/aromatic N) is 2. The van der Waals surface area contributed by atoms with E-state index >= 15 is 0 Å². The van der Waals surface area contributed by atoms with Crippen LogP contribution in [0.4, 0.5) is 0 Å². The highest BCUT2D eigenvalue weighted by molar-refractivity contribution is 7.07. The van der Waals surface area contributed by atoms with E-state index in [-0.39, 0.29) is 11.9 Å². The van der Waals surface area contributed by atoms with Gasteiger partial charge in [-0.1, -0.05) is 0 Å². The van der Waals surface area contributed by atoms with Crippen molar-refractivity contribution in [3.8, 4) is 0 Å². The van der Waals surface area contributed by atoms with Crippen molar-refractivity contribution in [2.75, 3.05) is 20.3 Å². The molecule has 5 heteroatoms. The van der Waals surface area contributed by atoms with Gasteiger partial charge in [0.25, 0.3) is 5.91 Å². The molecule has 0 N–H and O–H groups in total. The number of aromatic nitrogens is 1. The second kappa shape index (κ2) is 5.82. The summed E-state index contributed by atoms with van der Waals surface area (Å²) in [6, 6.07) is 0.161. The van der Waals surface area contributed by atoms with Gasteiger partial charge in [-0.05, 0) is 13.8 Å². The number of thiazole rings is 1. The summed E-state index contributed by atoms with van der Waals surface area (Å²) in [5.41, 5.74) is 2.19. The van der Waals surface area contributed by atoms with Crippen LogP contribution in [0.3, 0.4) is 0 Å². The van der Waals surface area contributed by atoms with Gasteiger partial charge < -0.3 is 9.64 Å². The SMILES string of the molecule is COCCN(C(=O)c1cscn1)C(C)C. The molecule has 1 aromatic heterocycles. The predicted octanol–water partition coefficient (Wildman–Crippen LogP) is 1.64. The molecule has 0 aliphatic rings. The maximum atomic E-state index is 12.0. The summed E-state index contributed by atoms with van der Waals surface area (Å²) < 4.78 is 4.98. The number of rotatable bonds is 5. The van der Waals surface area contributed by atoms with Gasteiger partial charge in [-0.3, -0.25) is 4.79 Å². The Balaban J connectivity index is 2.67. The van der Waals surface area contributed by atoms with E-state index in [1.165, 1.54) is 11.3 Å². The smallest absolute Gasteiger partial charge is 0.273 e. The van der Waals surface area contributed by atoms with Crippen LogP contribution in [0, 0.1) is 0 Å². The Morgan fingerprint density at radius 3 is 2.87 bits per heavy atom. The summed E-state index contributed by atoms with van der Waals surface area (Å²) >= 11 is 1.43. The number of carbonyl (C=O) groups excluding carboxylic acids is 1. The Kier molecular flexibility index (Phi) is 4.71. The quantitative estimate of drug-likeness (QED) is 0.769. The molecule has 0 saturated heterocycles. The Morgan fingerprint density at radius 2 is 2.40 bits per heavy atom. The lowest BCUT2D eigenvalue weighted by atomic mass is 10.3. The summed E-state index contributed by atoms with van der Waals surface area (Å²) in [7, 11) is 1.63. The van der Waals surface area contributed by atoms with Gasteiger partial charge in [0.1, 0.15) is 5.69 Å². The van der Waals surface area contributed by atoms with Gasteiger partial charge >= 0.3 is 0 Å². The molecule has 15 heavy (non-hydrogen) atoms. The van der Waals surface area contributed by atoms with Crippen molar-refractivity contribution >= 4 is 17.2 Å². The topological polar surface area (TPSA) is 42.4 Å². The van der Waals surface area contributed by atoms with Crippen molar-refractivity contribution in [1.29, 1.82) is 0 Å². The Hall–Kier alpha value is -0.940. The van der Waals surface area contributed by atoms with E-state index in [4.69, 9.17) is 4.74 Å². The molecule has 0 aromatic carbocycles. The molecule has 0 atom stereocenters. The fourth-order valence-electron chi connectivity index (χ4n) is 1.25. The van der Waals surface area contributed by atoms with Gasteiger partial charge in [0.05, 0.1) is 12.1 Å². The molecule has 0 radical (unpaired) electrons. The first-order valence-electron chi connectivity index (χ1n) is 4.85. The minimum Gasteiger partial charge on any atom is -0.383 e. The molecular formula is C10H16N2O2S. The second-order valence-corrected chi connectivity index (χ2v) is 4.18. The molecule has 4 nitrogen and oxygen atoms in total. The van der Waals surface area contributed by atoms with Gasteiger partial charge in [-0.25, -0.2) is 4.98 Å². The van der Waals surface area contributed by atoms with Crippen LogP contribution in [0.5, 0.6) is 0 Å². The van der Waals surface area contributed by atoms with Crippen LogP contribution in [-0.4, -0.2) is 42.1 Å². The molecule has 0 aliphatic heterocycles. The van der Waals surface area contributed by atoms with Crippen molar-refractivity contribution in [3.63, 3.8) is 0 Å². The van der Waals surface area contributed by atoms with E-state index in [2.05, 4.69) is 4.98 Å². The third-order valence-corrected chi connectivity index (χ3v) is 2.66. The molecule has 1 aromatic rings. The lowest BCUT2D eigenvalue weighted by molar-refractivity contribution is 0.0630. The third-order valence-electron chi connectivity index (χ3n) is 2.07. The molecule has 0 bridgehead atoms. The van der Waals surface area contributed by atoms with Crippen LogP contribution >= 0.6 is 11.3 Å². The van der Waals surface area contributed by atoms with E-state index < -0.39 is 0 Å². The summed E-state index contributed by atoms with van der Waals surface area (Å²) in [6.07, 6.45) is 0. The first-order chi connectivity index (χ1) is 7.16. The normalized spacial score (nSPS) is 10.7. The average molecular weight is 228 g/mol. The second-order valence-electron chi connectivity index (χ2n) is 3.46. The van der Waals surface area contributed by atoms with Crippen LogP contribution in [0.25, 0.3) is 0 Å². The fourth-order valence-corrected chi connectivity index (χ4v) is 1.78. The van der Waals surface area contributed by atoms with E-state index in [1.54, 1.807) is 22.9 Å². The van der Waals surface area contributed by atoms with Crippen molar-refractivity contribution in [1.82, 2.24) is 9.88 Å². The average Bonchev–Trinajstić information content (AvgIpc) is 2.70. The van der Waals surface area contributed by atoms with Crippen molar-refractivity contribution in [2.24, 2.45) is 0 Å². The molecule has 0 unspecified atom stereocenters. The van der Waals surface area contributed by atoms with Crippen LogP contribution in [0.1, 0.15) is 24.3 Å². The number of methoxy groups -OCH3 is 1. The molecule has 0 aliphatic carbocycles. The monoisotopic (exact) mass is 228 g/mol. The lowest BCUT2D eigenvalue weighted by Crippen LogP contribution is -2.39. The molecule has 1 rings (SSSR count). The van der Waals surface area contributed by atoms with Crippen molar-refractivity contribution in [3.05, 3.63) is 16.6 Å². The van der Waals surface area contributed by atoms with E-state index in [1.807, 2.05) is 13.8 Å². The minimum absolute atomic E-state index is 0.0247. The van der Waals surface area contributed by atoms with Crippen LogP contribution in [-0.2, 0) is 4.74 Å². The number of hydrogen-bond donors (Lipinski definition) is 0. The Morgan fingerprint density at radius 1 is 1.67 bits per heavy atom. The first-order valence-corrected chi connectivity index (χ1v) is 5.79. The predicted molar refractivity (Wildman–Crippen MR) is 60.2 cm³/mol. The summed E-state index contributed by atoms with van der Waals surface area (Å²) in [5.74, 6) is -0.0247.